The number of nitrogens with one attached hydrogen (secondary N) is 1. The molecule has 0 bridgehead atoms. The minimum atomic E-state index is -0.352. The number of aromatic nitrogens is 2. The Labute approximate surface area is 141 Å². The van der Waals surface area contributed by atoms with Crippen LogP contribution in [0.25, 0.3) is 0 Å². The van der Waals surface area contributed by atoms with E-state index in [-0.39, 0.29) is 22.9 Å². The van der Waals surface area contributed by atoms with Crippen molar-refractivity contribution in [3.63, 3.8) is 0 Å². The molecule has 6 heteroatoms. The van der Waals surface area contributed by atoms with Crippen LogP contribution in [0.15, 0.2) is 30.6 Å². The molecular weight excluding hydrogens is 315 g/mol. The summed E-state index contributed by atoms with van der Waals surface area (Å²) >= 11 is 5.82. The lowest BCUT2D eigenvalue weighted by molar-refractivity contribution is 0.247. The van der Waals surface area contributed by atoms with Crippen molar-refractivity contribution in [3.05, 3.63) is 52.8 Å². The molecular formula is C17H22ClFN4. The van der Waals surface area contributed by atoms with Gasteiger partial charge in [-0.25, -0.2) is 9.37 Å². The van der Waals surface area contributed by atoms with E-state index in [0.29, 0.717) is 6.54 Å². The number of benzene rings is 1. The molecule has 0 amide bonds. The number of likely N-dealkylation sites (N-methyl/N-ethyl adjacent to an activating group) is 1. The van der Waals surface area contributed by atoms with Gasteiger partial charge in [-0.15, -0.1) is 0 Å². The van der Waals surface area contributed by atoms with Crippen LogP contribution in [-0.2, 0) is 13.6 Å². The van der Waals surface area contributed by atoms with E-state index in [9.17, 15) is 4.39 Å². The van der Waals surface area contributed by atoms with Gasteiger partial charge in [0.25, 0.3) is 0 Å². The van der Waals surface area contributed by atoms with Gasteiger partial charge in [0, 0.05) is 32.0 Å². The highest BCUT2D eigenvalue weighted by molar-refractivity contribution is 6.30. The molecule has 124 valence electrons. The van der Waals surface area contributed by atoms with Gasteiger partial charge in [0.15, 0.2) is 0 Å². The van der Waals surface area contributed by atoms with Crippen LogP contribution in [0.2, 0.25) is 5.02 Å². The van der Waals surface area contributed by atoms with Gasteiger partial charge in [-0.2, -0.15) is 0 Å². The third-order valence-corrected chi connectivity index (χ3v) is 4.94. The van der Waals surface area contributed by atoms with E-state index in [2.05, 4.69) is 22.1 Å². The van der Waals surface area contributed by atoms with Crippen LogP contribution in [0.5, 0.6) is 0 Å². The highest BCUT2D eigenvalue weighted by atomic mass is 35.5. The van der Waals surface area contributed by atoms with Crippen molar-refractivity contribution >= 4 is 11.6 Å². The average molecular weight is 337 g/mol. The normalized spacial score (nSPS) is 21.9. The zero-order valence-electron chi connectivity index (χ0n) is 13.5. The van der Waals surface area contributed by atoms with E-state index >= 15 is 0 Å². The van der Waals surface area contributed by atoms with Crippen LogP contribution in [0.1, 0.15) is 30.8 Å². The Kier molecular flexibility index (Phi) is 4.99. The highest BCUT2D eigenvalue weighted by Gasteiger charge is 2.34. The number of halogens is 2. The van der Waals surface area contributed by atoms with Gasteiger partial charge in [0.05, 0.1) is 17.6 Å². The van der Waals surface area contributed by atoms with E-state index in [1.165, 1.54) is 0 Å². The predicted octanol–water partition coefficient (Wildman–Crippen LogP) is 3.14. The van der Waals surface area contributed by atoms with Crippen molar-refractivity contribution in [2.24, 2.45) is 7.05 Å². The number of likely N-dealkylation sites (tertiary alicyclic amines) is 1. The molecule has 0 radical (unpaired) electrons. The van der Waals surface area contributed by atoms with Crippen LogP contribution < -0.4 is 5.32 Å². The summed E-state index contributed by atoms with van der Waals surface area (Å²) in [5.41, 5.74) is 0.976. The summed E-state index contributed by atoms with van der Waals surface area (Å²) < 4.78 is 15.9. The molecule has 4 nitrogen and oxygen atoms in total. The van der Waals surface area contributed by atoms with Gasteiger partial charge in [0.2, 0.25) is 0 Å². The molecule has 2 aromatic rings. The topological polar surface area (TPSA) is 33.1 Å². The van der Waals surface area contributed by atoms with Gasteiger partial charge < -0.3 is 9.88 Å². The first kappa shape index (κ1) is 16.4. The van der Waals surface area contributed by atoms with E-state index in [0.717, 1.165) is 30.9 Å². The van der Waals surface area contributed by atoms with Crippen molar-refractivity contribution < 1.29 is 4.39 Å². The van der Waals surface area contributed by atoms with E-state index < -0.39 is 0 Å². The molecule has 1 saturated heterocycles. The second kappa shape index (κ2) is 6.99. The maximum Gasteiger partial charge on any atom is 0.142 e. The SMILES string of the molecule is CCN1CC[C@@H](NCc2nccn2C)[C@H]1c1ccc(Cl)c(F)c1. The minimum absolute atomic E-state index is 0.159. The number of imidazole rings is 1. The lowest BCUT2D eigenvalue weighted by Gasteiger charge is -2.28. The third kappa shape index (κ3) is 3.42. The Bertz CT molecular complexity index is 672. The van der Waals surface area contributed by atoms with E-state index in [4.69, 9.17) is 11.6 Å². The highest BCUT2D eigenvalue weighted by Crippen LogP contribution is 2.33. The smallest absolute Gasteiger partial charge is 0.142 e. The zero-order chi connectivity index (χ0) is 16.4. The molecule has 0 unspecified atom stereocenters. The molecule has 2 atom stereocenters. The molecule has 23 heavy (non-hydrogen) atoms. The summed E-state index contributed by atoms with van der Waals surface area (Å²) in [5.74, 6) is 0.649. The van der Waals surface area contributed by atoms with Gasteiger partial charge in [-0.05, 0) is 30.7 Å². The summed E-state index contributed by atoms with van der Waals surface area (Å²) in [6.45, 7) is 4.79. The minimum Gasteiger partial charge on any atom is -0.337 e. The summed E-state index contributed by atoms with van der Waals surface area (Å²) in [6.07, 6.45) is 4.78. The molecule has 1 aliphatic rings. The van der Waals surface area contributed by atoms with Gasteiger partial charge in [-0.1, -0.05) is 24.6 Å². The quantitative estimate of drug-likeness (QED) is 0.910. The van der Waals surface area contributed by atoms with Crippen LogP contribution >= 0.6 is 11.6 Å². The Balaban J connectivity index is 1.78. The largest absolute Gasteiger partial charge is 0.337 e. The molecule has 2 heterocycles. The zero-order valence-corrected chi connectivity index (χ0v) is 14.2. The molecule has 0 spiro atoms. The fraction of sp³-hybridized carbons (Fsp3) is 0.471. The second-order valence-electron chi connectivity index (χ2n) is 5.98. The maximum absolute atomic E-state index is 13.9. The van der Waals surface area contributed by atoms with Crippen LogP contribution in [0.3, 0.4) is 0 Å². The molecule has 1 aliphatic heterocycles. The first-order chi connectivity index (χ1) is 11.1. The number of hydrogen-bond donors (Lipinski definition) is 1. The average Bonchev–Trinajstić information content (AvgIpc) is 3.13. The summed E-state index contributed by atoms with van der Waals surface area (Å²) in [7, 11) is 1.99. The Morgan fingerprint density at radius 3 is 2.91 bits per heavy atom. The number of aryl methyl sites for hydroxylation is 1. The third-order valence-electron chi connectivity index (χ3n) is 4.64. The Morgan fingerprint density at radius 1 is 1.43 bits per heavy atom. The van der Waals surface area contributed by atoms with Crippen LogP contribution in [0.4, 0.5) is 4.39 Å². The standard InChI is InChI=1S/C17H22ClFN4/c1-3-23-8-6-15(21-11-16-20-7-9-22(16)2)17(23)12-4-5-13(18)14(19)10-12/h4-5,7,9-10,15,17,21H,3,6,8,11H2,1-2H3/t15-,17-/m1/s1. The van der Waals surface area contributed by atoms with E-state index in [1.54, 1.807) is 18.3 Å². The number of rotatable bonds is 5. The van der Waals surface area contributed by atoms with Gasteiger partial charge in [0.1, 0.15) is 11.6 Å². The lowest BCUT2D eigenvalue weighted by Crippen LogP contribution is -2.36. The first-order valence-electron chi connectivity index (χ1n) is 7.98. The second-order valence-corrected chi connectivity index (χ2v) is 6.38. The van der Waals surface area contributed by atoms with Gasteiger partial charge in [-0.3, -0.25) is 4.90 Å². The summed E-state index contributed by atoms with van der Waals surface area (Å²) in [4.78, 5) is 6.72. The molecule has 1 N–H and O–H groups in total. The number of nitrogens with zero attached hydrogens (tertiary/aromatic N) is 3. The lowest BCUT2D eigenvalue weighted by atomic mass is 10.00. The molecule has 1 fully saturated rings. The summed E-state index contributed by atoms with van der Waals surface area (Å²) in [6, 6.07) is 5.57. The monoisotopic (exact) mass is 336 g/mol. The fourth-order valence-electron chi connectivity index (χ4n) is 3.35. The van der Waals surface area contributed by atoms with Crippen molar-refractivity contribution in [1.29, 1.82) is 0 Å². The van der Waals surface area contributed by atoms with Gasteiger partial charge >= 0.3 is 0 Å². The van der Waals surface area contributed by atoms with Crippen molar-refractivity contribution in [2.75, 3.05) is 13.1 Å². The van der Waals surface area contributed by atoms with Crippen molar-refractivity contribution in [1.82, 2.24) is 19.8 Å². The predicted molar refractivity (Wildman–Crippen MR) is 89.9 cm³/mol. The molecule has 0 aliphatic carbocycles. The van der Waals surface area contributed by atoms with Crippen molar-refractivity contribution in [2.45, 2.75) is 32.0 Å². The van der Waals surface area contributed by atoms with E-state index in [1.807, 2.05) is 23.9 Å². The molecule has 3 rings (SSSR count). The molecule has 1 aromatic carbocycles. The number of hydrogen-bond acceptors (Lipinski definition) is 3. The van der Waals surface area contributed by atoms with Crippen LogP contribution in [-0.4, -0.2) is 33.6 Å². The van der Waals surface area contributed by atoms with Crippen LogP contribution in [0, 0.1) is 5.82 Å². The van der Waals surface area contributed by atoms with Crippen molar-refractivity contribution in [3.8, 4) is 0 Å². The first-order valence-corrected chi connectivity index (χ1v) is 8.36. The Morgan fingerprint density at radius 2 is 2.26 bits per heavy atom. The maximum atomic E-state index is 13.9. The summed E-state index contributed by atoms with van der Waals surface area (Å²) in [5, 5.41) is 3.76. The molecule has 0 saturated carbocycles. The molecule has 1 aromatic heterocycles. The Hall–Kier alpha value is -1.43. The fourth-order valence-corrected chi connectivity index (χ4v) is 3.47.